The standard InChI is InChI=1S/C20H18FN3O4/c1-12-2-4-13(5-3-12)16(11-19(26)27)22-20(28)17-10-18(25)24(23-17)15-8-6-14(21)7-9-15/h2-10,16,23H,11H2,1H3,(H,22,28)(H,26,27). The van der Waals surface area contributed by atoms with E-state index in [1.165, 1.54) is 24.3 Å². The summed E-state index contributed by atoms with van der Waals surface area (Å²) in [4.78, 5) is 35.9. The molecule has 7 nitrogen and oxygen atoms in total. The van der Waals surface area contributed by atoms with Gasteiger partial charge in [-0.3, -0.25) is 19.5 Å². The Bertz CT molecular complexity index is 1050. The number of carboxylic acids is 1. The van der Waals surface area contributed by atoms with Crippen molar-refractivity contribution < 1.29 is 19.1 Å². The van der Waals surface area contributed by atoms with Crippen LogP contribution < -0.4 is 10.9 Å². The number of H-pyrrole nitrogens is 1. The van der Waals surface area contributed by atoms with Crippen molar-refractivity contribution in [1.82, 2.24) is 15.1 Å². The number of halogens is 1. The summed E-state index contributed by atoms with van der Waals surface area (Å²) in [5.74, 6) is -2.14. The van der Waals surface area contributed by atoms with Crippen LogP contribution in [0.5, 0.6) is 0 Å². The van der Waals surface area contributed by atoms with Crippen LogP contribution in [0.2, 0.25) is 0 Å². The number of benzene rings is 2. The van der Waals surface area contributed by atoms with E-state index in [1.54, 1.807) is 12.1 Å². The molecule has 0 aliphatic rings. The van der Waals surface area contributed by atoms with Crippen LogP contribution in [0.25, 0.3) is 5.69 Å². The van der Waals surface area contributed by atoms with Gasteiger partial charge in [0.05, 0.1) is 18.2 Å². The molecule has 8 heteroatoms. The van der Waals surface area contributed by atoms with E-state index in [0.29, 0.717) is 11.3 Å². The smallest absolute Gasteiger partial charge is 0.305 e. The van der Waals surface area contributed by atoms with Gasteiger partial charge in [-0.2, -0.15) is 0 Å². The van der Waals surface area contributed by atoms with Crippen molar-refractivity contribution in [2.24, 2.45) is 0 Å². The number of aryl methyl sites for hydroxylation is 1. The minimum atomic E-state index is -1.07. The van der Waals surface area contributed by atoms with Gasteiger partial charge in [-0.05, 0) is 36.8 Å². The van der Waals surface area contributed by atoms with E-state index in [1.807, 2.05) is 19.1 Å². The molecule has 1 unspecified atom stereocenters. The van der Waals surface area contributed by atoms with E-state index in [2.05, 4.69) is 10.4 Å². The van der Waals surface area contributed by atoms with Gasteiger partial charge < -0.3 is 10.4 Å². The molecule has 3 N–H and O–H groups in total. The number of rotatable bonds is 6. The molecule has 0 spiro atoms. The Morgan fingerprint density at radius 1 is 1.14 bits per heavy atom. The number of nitrogens with zero attached hydrogens (tertiary/aromatic N) is 1. The predicted octanol–water partition coefficient (Wildman–Crippen LogP) is 2.56. The van der Waals surface area contributed by atoms with E-state index in [9.17, 15) is 18.8 Å². The van der Waals surface area contributed by atoms with Crippen LogP contribution in [-0.2, 0) is 4.79 Å². The Kier molecular flexibility index (Phi) is 5.39. The third-order valence-corrected chi connectivity index (χ3v) is 4.21. The Hall–Kier alpha value is -3.68. The largest absolute Gasteiger partial charge is 0.481 e. The van der Waals surface area contributed by atoms with Crippen LogP contribution in [0.1, 0.15) is 34.1 Å². The number of hydrogen-bond donors (Lipinski definition) is 3. The second-order valence-electron chi connectivity index (χ2n) is 6.35. The number of hydrogen-bond acceptors (Lipinski definition) is 3. The number of amides is 1. The molecule has 1 amide bonds. The second-order valence-corrected chi connectivity index (χ2v) is 6.35. The van der Waals surface area contributed by atoms with Crippen LogP contribution in [-0.4, -0.2) is 26.8 Å². The van der Waals surface area contributed by atoms with Crippen LogP contribution >= 0.6 is 0 Å². The summed E-state index contributed by atoms with van der Waals surface area (Å²) in [6.45, 7) is 1.90. The predicted molar refractivity (Wildman–Crippen MR) is 100.0 cm³/mol. The summed E-state index contributed by atoms with van der Waals surface area (Å²) in [5, 5.41) is 14.5. The molecule has 3 aromatic rings. The third-order valence-electron chi connectivity index (χ3n) is 4.21. The Labute approximate surface area is 159 Å². The molecule has 0 aliphatic heterocycles. The SMILES string of the molecule is Cc1ccc(C(CC(=O)O)NC(=O)c2cc(=O)n(-c3ccc(F)cc3)[nH]2)cc1. The molecule has 28 heavy (non-hydrogen) atoms. The highest BCUT2D eigenvalue weighted by molar-refractivity contribution is 5.92. The van der Waals surface area contributed by atoms with Crippen LogP contribution in [0.3, 0.4) is 0 Å². The Balaban J connectivity index is 1.85. The van der Waals surface area contributed by atoms with Crippen LogP contribution in [0.4, 0.5) is 4.39 Å². The third kappa shape index (κ3) is 4.35. The summed E-state index contributed by atoms with van der Waals surface area (Å²) in [6.07, 6.45) is -0.308. The second kappa shape index (κ2) is 7.91. The first-order valence-corrected chi connectivity index (χ1v) is 8.51. The summed E-state index contributed by atoms with van der Waals surface area (Å²) in [7, 11) is 0. The van der Waals surface area contributed by atoms with Crippen molar-refractivity contribution >= 4 is 11.9 Å². The molecule has 1 atom stereocenters. The van der Waals surface area contributed by atoms with E-state index in [-0.39, 0.29) is 12.1 Å². The normalized spacial score (nSPS) is 11.8. The van der Waals surface area contributed by atoms with E-state index < -0.39 is 29.3 Å². The lowest BCUT2D eigenvalue weighted by molar-refractivity contribution is -0.137. The Morgan fingerprint density at radius 3 is 2.39 bits per heavy atom. The molecule has 1 aromatic heterocycles. The van der Waals surface area contributed by atoms with E-state index in [0.717, 1.165) is 16.3 Å². The topological polar surface area (TPSA) is 104 Å². The van der Waals surface area contributed by atoms with E-state index >= 15 is 0 Å². The highest BCUT2D eigenvalue weighted by Crippen LogP contribution is 2.18. The van der Waals surface area contributed by atoms with Gasteiger partial charge in [0.15, 0.2) is 0 Å². The zero-order chi connectivity index (χ0) is 20.3. The van der Waals surface area contributed by atoms with Gasteiger partial charge in [0.2, 0.25) is 0 Å². The minimum Gasteiger partial charge on any atom is -0.481 e. The van der Waals surface area contributed by atoms with Gasteiger partial charge in [0.1, 0.15) is 11.5 Å². The first kappa shape index (κ1) is 19.1. The maximum atomic E-state index is 13.1. The number of carboxylic acid groups (broad SMARTS) is 1. The lowest BCUT2D eigenvalue weighted by Gasteiger charge is -2.17. The summed E-state index contributed by atoms with van der Waals surface area (Å²) in [6, 6.07) is 12.7. The van der Waals surface area contributed by atoms with Crippen molar-refractivity contribution in [3.8, 4) is 5.69 Å². The lowest BCUT2D eigenvalue weighted by Crippen LogP contribution is -2.30. The summed E-state index contributed by atoms with van der Waals surface area (Å²) >= 11 is 0. The minimum absolute atomic E-state index is 0.0307. The molecule has 0 saturated carbocycles. The number of nitrogens with one attached hydrogen (secondary N) is 2. The average Bonchev–Trinajstić information content (AvgIpc) is 3.04. The van der Waals surface area contributed by atoms with Gasteiger partial charge in [-0.25, -0.2) is 9.07 Å². The highest BCUT2D eigenvalue weighted by Gasteiger charge is 2.20. The highest BCUT2D eigenvalue weighted by atomic mass is 19.1. The van der Waals surface area contributed by atoms with Crippen molar-refractivity contribution in [2.75, 3.05) is 0 Å². The molecule has 0 saturated heterocycles. The molecule has 144 valence electrons. The van der Waals surface area contributed by atoms with Gasteiger partial charge in [-0.1, -0.05) is 29.8 Å². The van der Waals surface area contributed by atoms with Crippen molar-refractivity contribution in [3.63, 3.8) is 0 Å². The number of aliphatic carboxylic acids is 1. The van der Waals surface area contributed by atoms with Crippen LogP contribution in [0.15, 0.2) is 59.4 Å². The van der Waals surface area contributed by atoms with E-state index in [4.69, 9.17) is 5.11 Å². The molecule has 3 rings (SSSR count). The van der Waals surface area contributed by atoms with Gasteiger partial charge in [0.25, 0.3) is 11.5 Å². The first-order chi connectivity index (χ1) is 13.3. The molecule has 0 radical (unpaired) electrons. The quantitative estimate of drug-likeness (QED) is 0.608. The molecular weight excluding hydrogens is 365 g/mol. The molecule has 0 aliphatic carbocycles. The van der Waals surface area contributed by atoms with Gasteiger partial charge in [-0.15, -0.1) is 0 Å². The number of carbonyl (C=O) groups excluding carboxylic acids is 1. The van der Waals surface area contributed by atoms with Gasteiger partial charge >= 0.3 is 5.97 Å². The lowest BCUT2D eigenvalue weighted by atomic mass is 10.0. The Morgan fingerprint density at radius 2 is 1.79 bits per heavy atom. The average molecular weight is 383 g/mol. The van der Waals surface area contributed by atoms with Crippen molar-refractivity contribution in [3.05, 3.63) is 87.6 Å². The molecule has 2 aromatic carbocycles. The number of aromatic amines is 1. The van der Waals surface area contributed by atoms with Crippen LogP contribution in [0, 0.1) is 12.7 Å². The monoisotopic (exact) mass is 383 g/mol. The fourth-order valence-corrected chi connectivity index (χ4v) is 2.76. The van der Waals surface area contributed by atoms with Gasteiger partial charge in [0, 0.05) is 6.07 Å². The fourth-order valence-electron chi connectivity index (χ4n) is 2.76. The number of carbonyl (C=O) groups is 2. The first-order valence-electron chi connectivity index (χ1n) is 8.51. The zero-order valence-corrected chi connectivity index (χ0v) is 15.0. The molecule has 1 heterocycles. The maximum absolute atomic E-state index is 13.1. The summed E-state index contributed by atoms with van der Waals surface area (Å²) < 4.78 is 14.2. The molecular formula is C20H18FN3O4. The van der Waals surface area contributed by atoms with Crippen molar-refractivity contribution in [1.29, 1.82) is 0 Å². The number of aromatic nitrogens is 2. The molecule has 0 bridgehead atoms. The van der Waals surface area contributed by atoms with Crippen molar-refractivity contribution in [2.45, 2.75) is 19.4 Å². The molecule has 0 fully saturated rings. The maximum Gasteiger partial charge on any atom is 0.305 e. The fraction of sp³-hybridized carbons (Fsp3) is 0.150. The zero-order valence-electron chi connectivity index (χ0n) is 15.0. The summed E-state index contributed by atoms with van der Waals surface area (Å²) in [5.41, 5.74) is 1.48.